The van der Waals surface area contributed by atoms with Gasteiger partial charge in [0.05, 0.1) is 0 Å². The second kappa shape index (κ2) is 3.45. The summed E-state index contributed by atoms with van der Waals surface area (Å²) in [5.74, 6) is -0.810. The first-order valence-corrected chi connectivity index (χ1v) is 3.72. The number of ketones is 1. The highest BCUT2D eigenvalue weighted by Gasteiger charge is 2.13. The van der Waals surface area contributed by atoms with E-state index in [2.05, 4.69) is 0 Å². The molecule has 1 aromatic rings. The van der Waals surface area contributed by atoms with Gasteiger partial charge in [-0.25, -0.2) is 0 Å². The van der Waals surface area contributed by atoms with Gasteiger partial charge in [0.2, 0.25) is 0 Å². The van der Waals surface area contributed by atoms with Gasteiger partial charge >= 0.3 is 0 Å². The number of carbonyl (C=O) groups is 1. The number of hydrogen-bond donors (Lipinski definition) is 3. The van der Waals surface area contributed by atoms with Crippen LogP contribution in [-0.2, 0) is 4.79 Å². The number of hydrogen-bond acceptors (Lipinski definition) is 4. The standard InChI is InChI=1S/C9H10O4/c1-5(10)9(13)6-2-7(11)4-8(12)3-6/h2-4,9,11-13H,1H3/t9-/m0/s1. The zero-order valence-electron chi connectivity index (χ0n) is 7.06. The number of phenolic OH excluding ortho intramolecular Hbond substituents is 2. The Hall–Kier alpha value is -1.55. The second-order valence-corrected chi connectivity index (χ2v) is 2.80. The van der Waals surface area contributed by atoms with Crippen LogP contribution in [0.25, 0.3) is 0 Å². The molecule has 13 heavy (non-hydrogen) atoms. The zero-order valence-corrected chi connectivity index (χ0v) is 7.06. The van der Waals surface area contributed by atoms with Gasteiger partial charge < -0.3 is 15.3 Å². The van der Waals surface area contributed by atoms with E-state index in [9.17, 15) is 9.90 Å². The fourth-order valence-corrected chi connectivity index (χ4v) is 1.01. The van der Waals surface area contributed by atoms with E-state index < -0.39 is 11.9 Å². The van der Waals surface area contributed by atoms with Gasteiger partial charge in [-0.05, 0) is 24.6 Å². The number of carbonyl (C=O) groups excluding carboxylic acids is 1. The van der Waals surface area contributed by atoms with Gasteiger partial charge in [0, 0.05) is 6.07 Å². The van der Waals surface area contributed by atoms with Crippen LogP contribution in [-0.4, -0.2) is 21.1 Å². The molecule has 4 heteroatoms. The minimum atomic E-state index is -1.29. The molecule has 0 spiro atoms. The summed E-state index contributed by atoms with van der Waals surface area (Å²) in [6.07, 6.45) is -1.29. The summed E-state index contributed by atoms with van der Waals surface area (Å²) in [5, 5.41) is 27.4. The molecule has 1 rings (SSSR count). The van der Waals surface area contributed by atoms with Crippen molar-refractivity contribution in [1.29, 1.82) is 0 Å². The second-order valence-electron chi connectivity index (χ2n) is 2.80. The molecule has 0 fully saturated rings. The summed E-state index contributed by atoms with van der Waals surface area (Å²) < 4.78 is 0. The van der Waals surface area contributed by atoms with Crippen LogP contribution >= 0.6 is 0 Å². The molecule has 0 unspecified atom stereocenters. The molecule has 1 atom stereocenters. The van der Waals surface area contributed by atoms with Crippen LogP contribution in [0.5, 0.6) is 11.5 Å². The van der Waals surface area contributed by atoms with Crippen molar-refractivity contribution in [3.8, 4) is 11.5 Å². The maximum atomic E-state index is 10.8. The Bertz CT molecular complexity index is 312. The van der Waals surface area contributed by atoms with Gasteiger partial charge in [-0.1, -0.05) is 0 Å². The maximum absolute atomic E-state index is 10.8. The molecule has 0 heterocycles. The van der Waals surface area contributed by atoms with E-state index in [1.807, 2.05) is 0 Å². The number of rotatable bonds is 2. The van der Waals surface area contributed by atoms with Gasteiger partial charge in [0.1, 0.15) is 17.6 Å². The van der Waals surface area contributed by atoms with Crippen molar-refractivity contribution in [2.24, 2.45) is 0 Å². The predicted octanol–water partition coefficient (Wildman–Crippen LogP) is 0.720. The van der Waals surface area contributed by atoms with Crippen LogP contribution in [0.3, 0.4) is 0 Å². The molecule has 0 saturated carbocycles. The first kappa shape index (κ1) is 9.54. The molecule has 0 radical (unpaired) electrons. The van der Waals surface area contributed by atoms with Crippen LogP contribution in [0.4, 0.5) is 0 Å². The Kier molecular flexibility index (Phi) is 2.53. The lowest BCUT2D eigenvalue weighted by atomic mass is 10.1. The summed E-state index contributed by atoms with van der Waals surface area (Å²) in [6.45, 7) is 1.23. The molecular formula is C9H10O4. The van der Waals surface area contributed by atoms with Crippen molar-refractivity contribution in [2.75, 3.05) is 0 Å². The Morgan fingerprint density at radius 2 is 1.69 bits per heavy atom. The Labute approximate surface area is 75.1 Å². The molecule has 0 saturated heterocycles. The maximum Gasteiger partial charge on any atom is 0.162 e. The fourth-order valence-electron chi connectivity index (χ4n) is 1.01. The Morgan fingerprint density at radius 1 is 1.23 bits per heavy atom. The van der Waals surface area contributed by atoms with E-state index in [-0.39, 0.29) is 17.1 Å². The molecule has 0 aliphatic heterocycles. The minimum absolute atomic E-state index is 0.185. The quantitative estimate of drug-likeness (QED) is 0.629. The molecule has 0 aliphatic rings. The molecular weight excluding hydrogens is 172 g/mol. The van der Waals surface area contributed by atoms with E-state index in [1.165, 1.54) is 19.1 Å². The number of aliphatic hydroxyl groups is 1. The average Bonchev–Trinajstić information content (AvgIpc) is 2.01. The smallest absolute Gasteiger partial charge is 0.162 e. The number of benzene rings is 1. The van der Waals surface area contributed by atoms with Gasteiger partial charge in [-0.2, -0.15) is 0 Å². The number of aromatic hydroxyl groups is 2. The molecule has 4 nitrogen and oxygen atoms in total. The fraction of sp³-hybridized carbons (Fsp3) is 0.222. The minimum Gasteiger partial charge on any atom is -0.508 e. The van der Waals surface area contributed by atoms with Crippen molar-refractivity contribution in [3.63, 3.8) is 0 Å². The summed E-state index contributed by atoms with van der Waals surface area (Å²) in [5.41, 5.74) is 0.185. The van der Waals surface area contributed by atoms with E-state index in [1.54, 1.807) is 0 Å². The molecule has 3 N–H and O–H groups in total. The van der Waals surface area contributed by atoms with Crippen LogP contribution in [0, 0.1) is 0 Å². The molecule has 1 aromatic carbocycles. The van der Waals surface area contributed by atoms with Gasteiger partial charge in [-0.3, -0.25) is 4.79 Å². The van der Waals surface area contributed by atoms with Gasteiger partial charge in [0.25, 0.3) is 0 Å². The topological polar surface area (TPSA) is 77.8 Å². The first-order chi connectivity index (χ1) is 6.00. The van der Waals surface area contributed by atoms with Gasteiger partial charge in [0.15, 0.2) is 5.78 Å². The van der Waals surface area contributed by atoms with Crippen LogP contribution in [0.2, 0.25) is 0 Å². The third-order valence-corrected chi connectivity index (χ3v) is 1.63. The Morgan fingerprint density at radius 3 is 2.08 bits per heavy atom. The van der Waals surface area contributed by atoms with E-state index in [0.717, 1.165) is 6.07 Å². The summed E-state index contributed by atoms with van der Waals surface area (Å²) >= 11 is 0. The van der Waals surface area contributed by atoms with Crippen molar-refractivity contribution in [3.05, 3.63) is 23.8 Å². The lowest BCUT2D eigenvalue weighted by Gasteiger charge is -2.07. The molecule has 70 valence electrons. The SMILES string of the molecule is CC(=O)[C@H](O)c1cc(O)cc(O)c1. The van der Waals surface area contributed by atoms with Crippen molar-refractivity contribution >= 4 is 5.78 Å². The number of phenols is 2. The van der Waals surface area contributed by atoms with Crippen molar-refractivity contribution in [1.82, 2.24) is 0 Å². The summed E-state index contributed by atoms with van der Waals surface area (Å²) in [4.78, 5) is 10.8. The van der Waals surface area contributed by atoms with Gasteiger partial charge in [-0.15, -0.1) is 0 Å². The number of aliphatic hydroxyl groups excluding tert-OH is 1. The zero-order chi connectivity index (χ0) is 10.0. The lowest BCUT2D eigenvalue weighted by molar-refractivity contribution is -0.125. The largest absolute Gasteiger partial charge is 0.508 e. The average molecular weight is 182 g/mol. The summed E-state index contributed by atoms with van der Waals surface area (Å²) in [7, 11) is 0. The van der Waals surface area contributed by atoms with E-state index in [4.69, 9.17) is 10.2 Å². The highest BCUT2D eigenvalue weighted by molar-refractivity contribution is 5.81. The van der Waals surface area contributed by atoms with E-state index in [0.29, 0.717) is 0 Å². The highest BCUT2D eigenvalue weighted by atomic mass is 16.3. The first-order valence-electron chi connectivity index (χ1n) is 3.72. The molecule has 0 amide bonds. The summed E-state index contributed by atoms with van der Waals surface area (Å²) in [6, 6.07) is 3.58. The van der Waals surface area contributed by atoms with Crippen molar-refractivity contribution < 1.29 is 20.1 Å². The predicted molar refractivity (Wildman–Crippen MR) is 45.4 cm³/mol. The third-order valence-electron chi connectivity index (χ3n) is 1.63. The van der Waals surface area contributed by atoms with Crippen LogP contribution in [0.15, 0.2) is 18.2 Å². The normalized spacial score (nSPS) is 12.5. The van der Waals surface area contributed by atoms with Crippen molar-refractivity contribution in [2.45, 2.75) is 13.0 Å². The van der Waals surface area contributed by atoms with E-state index >= 15 is 0 Å². The lowest BCUT2D eigenvalue weighted by Crippen LogP contribution is -2.06. The highest BCUT2D eigenvalue weighted by Crippen LogP contribution is 2.25. The van der Waals surface area contributed by atoms with Crippen LogP contribution in [0.1, 0.15) is 18.6 Å². The third kappa shape index (κ3) is 2.19. The monoisotopic (exact) mass is 182 g/mol. The Balaban J connectivity index is 3.07. The molecule has 0 bridgehead atoms. The van der Waals surface area contributed by atoms with Crippen LogP contribution < -0.4 is 0 Å². The molecule has 0 aliphatic carbocycles. The molecule has 0 aromatic heterocycles. The number of Topliss-reactive ketones (excluding diaryl/α,β-unsaturated/α-hetero) is 1.